The highest BCUT2D eigenvalue weighted by Gasteiger charge is 2.26. The number of carbonyl (C=O) groups excluding carboxylic acids is 1. The van der Waals surface area contributed by atoms with E-state index in [4.69, 9.17) is 24.2 Å². The number of rotatable bonds is 6. The molecule has 0 aliphatic carbocycles. The number of carbonyl (C=O) groups is 3. The Labute approximate surface area is 179 Å². The average Bonchev–Trinajstić information content (AvgIpc) is 3.29. The molecule has 2 aromatic rings. The van der Waals surface area contributed by atoms with Gasteiger partial charge in [0.05, 0.1) is 12.8 Å². The number of benzene rings is 1. The van der Waals surface area contributed by atoms with Gasteiger partial charge in [-0.1, -0.05) is 30.3 Å². The van der Waals surface area contributed by atoms with Crippen LogP contribution in [0.2, 0.25) is 0 Å². The molecule has 0 unspecified atom stereocenters. The van der Waals surface area contributed by atoms with Crippen LogP contribution in [0.4, 0.5) is 0 Å². The summed E-state index contributed by atoms with van der Waals surface area (Å²) >= 11 is 0. The molecule has 0 saturated carbocycles. The van der Waals surface area contributed by atoms with Crippen LogP contribution in [-0.2, 0) is 19.6 Å². The fourth-order valence-electron chi connectivity index (χ4n) is 2.68. The number of sulfonamides is 1. The van der Waals surface area contributed by atoms with Crippen LogP contribution in [0.25, 0.3) is 6.08 Å². The predicted octanol–water partition coefficient (Wildman–Crippen LogP) is 1.24. The molecular formula is C20H22N2O8S. The third-order valence-electron chi connectivity index (χ3n) is 4.27. The molecule has 0 bridgehead atoms. The normalized spacial score (nSPS) is 15.2. The van der Waals surface area contributed by atoms with Gasteiger partial charge >= 0.3 is 11.9 Å². The lowest BCUT2D eigenvalue weighted by molar-refractivity contribution is -0.159. The van der Waals surface area contributed by atoms with Crippen molar-refractivity contribution in [2.24, 2.45) is 0 Å². The van der Waals surface area contributed by atoms with Crippen molar-refractivity contribution in [3.63, 3.8) is 0 Å². The third kappa shape index (κ3) is 7.81. The first kappa shape index (κ1) is 24.0. The van der Waals surface area contributed by atoms with Gasteiger partial charge < -0.3 is 14.6 Å². The number of ketones is 1. The number of hydrogen-bond donors (Lipinski definition) is 2. The van der Waals surface area contributed by atoms with Crippen molar-refractivity contribution in [3.05, 3.63) is 65.5 Å². The smallest absolute Gasteiger partial charge is 0.414 e. The Hall–Kier alpha value is -3.28. The Kier molecular flexibility index (Phi) is 8.67. The van der Waals surface area contributed by atoms with Crippen LogP contribution in [0, 0.1) is 0 Å². The number of furan rings is 1. The van der Waals surface area contributed by atoms with Crippen molar-refractivity contribution in [1.82, 2.24) is 9.21 Å². The molecule has 0 amide bonds. The van der Waals surface area contributed by atoms with Crippen LogP contribution in [-0.4, -0.2) is 78.3 Å². The summed E-state index contributed by atoms with van der Waals surface area (Å²) in [6.45, 7) is 2.01. The van der Waals surface area contributed by atoms with E-state index < -0.39 is 22.0 Å². The lowest BCUT2D eigenvalue weighted by atomic mass is 10.2. The fraction of sp³-hybridized carbons (Fsp3) is 0.250. The maximum atomic E-state index is 12.4. The van der Waals surface area contributed by atoms with E-state index in [9.17, 15) is 13.2 Å². The second-order valence-corrected chi connectivity index (χ2v) is 8.26. The van der Waals surface area contributed by atoms with E-state index >= 15 is 0 Å². The lowest BCUT2D eigenvalue weighted by Gasteiger charge is -2.32. The first-order chi connectivity index (χ1) is 14.7. The zero-order valence-corrected chi connectivity index (χ0v) is 17.3. The summed E-state index contributed by atoms with van der Waals surface area (Å²) in [7, 11) is -3.45. The van der Waals surface area contributed by atoms with Gasteiger partial charge in [-0.25, -0.2) is 18.0 Å². The summed E-state index contributed by atoms with van der Waals surface area (Å²) in [6.07, 6.45) is 3.07. The van der Waals surface area contributed by atoms with Crippen molar-refractivity contribution in [2.45, 2.75) is 0 Å². The molecule has 1 saturated heterocycles. The van der Waals surface area contributed by atoms with E-state index in [1.807, 2.05) is 35.2 Å². The Morgan fingerprint density at radius 1 is 0.935 bits per heavy atom. The standard InChI is InChI=1S/C18H20N2O4S.C2H2O4/c21-17(18-7-4-13-24-18)15-19-9-11-20(12-10-19)25(22,23)14-8-16-5-2-1-3-6-16;3-1(4)2(5)6/h1-8,13-14H,9-12,15H2;(H,3,4)(H,5,6)/b14-8+;. The molecule has 11 heteroatoms. The van der Waals surface area contributed by atoms with Crippen LogP contribution in [0.15, 0.2) is 58.6 Å². The van der Waals surface area contributed by atoms with Gasteiger partial charge in [-0.3, -0.25) is 9.69 Å². The van der Waals surface area contributed by atoms with Crippen molar-refractivity contribution >= 4 is 33.8 Å². The third-order valence-corrected chi connectivity index (χ3v) is 5.83. The van der Waals surface area contributed by atoms with Gasteiger partial charge in [0.2, 0.25) is 15.8 Å². The Bertz CT molecular complexity index is 997. The molecule has 1 aliphatic heterocycles. The second kappa shape index (κ2) is 11.2. The minimum absolute atomic E-state index is 0.0923. The number of nitrogens with zero attached hydrogens (tertiary/aromatic N) is 2. The minimum atomic E-state index is -3.45. The summed E-state index contributed by atoms with van der Waals surface area (Å²) in [5.74, 6) is -3.41. The summed E-state index contributed by atoms with van der Waals surface area (Å²) in [6, 6.07) is 12.6. The Morgan fingerprint density at radius 3 is 2.06 bits per heavy atom. The second-order valence-electron chi connectivity index (χ2n) is 6.44. The SMILES string of the molecule is O=C(CN1CCN(S(=O)(=O)/C=C/c2ccccc2)CC1)c1ccco1.O=C(O)C(=O)O. The summed E-state index contributed by atoms with van der Waals surface area (Å²) in [5, 5.41) is 16.0. The molecule has 3 rings (SSSR count). The monoisotopic (exact) mass is 450 g/mol. The number of hydrogen-bond acceptors (Lipinski definition) is 7. The number of piperazine rings is 1. The highest BCUT2D eigenvalue weighted by Crippen LogP contribution is 2.12. The molecular weight excluding hydrogens is 428 g/mol. The highest BCUT2D eigenvalue weighted by atomic mass is 32.2. The number of aliphatic carboxylic acids is 2. The van der Waals surface area contributed by atoms with Crippen LogP contribution < -0.4 is 0 Å². The van der Waals surface area contributed by atoms with E-state index in [-0.39, 0.29) is 12.3 Å². The van der Waals surface area contributed by atoms with E-state index in [1.165, 1.54) is 16.0 Å². The van der Waals surface area contributed by atoms with Crippen LogP contribution >= 0.6 is 0 Å². The van der Waals surface area contributed by atoms with Crippen molar-refractivity contribution in [1.29, 1.82) is 0 Å². The van der Waals surface area contributed by atoms with Crippen molar-refractivity contribution in [2.75, 3.05) is 32.7 Å². The van der Waals surface area contributed by atoms with Crippen molar-refractivity contribution in [3.8, 4) is 0 Å². The quantitative estimate of drug-likeness (QED) is 0.490. The van der Waals surface area contributed by atoms with Crippen LogP contribution in [0.5, 0.6) is 0 Å². The first-order valence-corrected chi connectivity index (χ1v) is 10.7. The van der Waals surface area contributed by atoms with Gasteiger partial charge in [-0.2, -0.15) is 4.31 Å². The van der Waals surface area contributed by atoms with E-state index in [1.54, 1.807) is 18.2 Å². The number of Topliss-reactive ketones (excluding diaryl/α,β-unsaturated/α-hetero) is 1. The van der Waals surface area contributed by atoms with Gasteiger partial charge in [-0.05, 0) is 23.8 Å². The number of carboxylic acid groups (broad SMARTS) is 2. The molecule has 0 atom stereocenters. The predicted molar refractivity (Wildman–Crippen MR) is 111 cm³/mol. The van der Waals surface area contributed by atoms with Crippen LogP contribution in [0.1, 0.15) is 16.1 Å². The molecule has 166 valence electrons. The zero-order valence-electron chi connectivity index (χ0n) is 16.5. The van der Waals surface area contributed by atoms with Gasteiger partial charge in [-0.15, -0.1) is 0 Å². The Balaban J connectivity index is 0.000000501. The maximum Gasteiger partial charge on any atom is 0.414 e. The van der Waals surface area contributed by atoms with Crippen molar-refractivity contribution < 1.29 is 37.4 Å². The fourth-order valence-corrected chi connectivity index (χ4v) is 3.85. The minimum Gasteiger partial charge on any atom is -0.473 e. The molecule has 2 N–H and O–H groups in total. The van der Waals surface area contributed by atoms with Gasteiger partial charge in [0.25, 0.3) is 0 Å². The molecule has 0 spiro atoms. The van der Waals surface area contributed by atoms with Crippen LogP contribution in [0.3, 0.4) is 0 Å². The molecule has 0 radical (unpaired) electrons. The summed E-state index contributed by atoms with van der Waals surface area (Å²) < 4.78 is 31.4. The molecule has 31 heavy (non-hydrogen) atoms. The number of carboxylic acids is 2. The summed E-state index contributed by atoms with van der Waals surface area (Å²) in [4.78, 5) is 32.2. The highest BCUT2D eigenvalue weighted by molar-refractivity contribution is 7.92. The molecule has 1 aliphatic rings. The molecule has 1 aromatic carbocycles. The summed E-state index contributed by atoms with van der Waals surface area (Å²) in [5.41, 5.74) is 0.841. The molecule has 10 nitrogen and oxygen atoms in total. The van der Waals surface area contributed by atoms with Gasteiger partial charge in [0, 0.05) is 31.6 Å². The molecule has 2 heterocycles. The van der Waals surface area contributed by atoms with Gasteiger partial charge in [0.1, 0.15) is 0 Å². The molecule has 1 fully saturated rings. The lowest BCUT2D eigenvalue weighted by Crippen LogP contribution is -2.49. The topological polar surface area (TPSA) is 145 Å². The Morgan fingerprint density at radius 2 is 1.55 bits per heavy atom. The van der Waals surface area contributed by atoms with E-state index in [0.717, 1.165) is 5.56 Å². The average molecular weight is 450 g/mol. The maximum absolute atomic E-state index is 12.4. The van der Waals surface area contributed by atoms with E-state index in [2.05, 4.69) is 0 Å². The van der Waals surface area contributed by atoms with Gasteiger partial charge in [0.15, 0.2) is 5.76 Å². The largest absolute Gasteiger partial charge is 0.473 e. The zero-order chi connectivity index (χ0) is 22.9. The molecule has 1 aromatic heterocycles. The first-order valence-electron chi connectivity index (χ1n) is 9.17. The van der Waals surface area contributed by atoms with E-state index in [0.29, 0.717) is 31.9 Å².